The summed E-state index contributed by atoms with van der Waals surface area (Å²) in [4.78, 5) is 11.5. The summed E-state index contributed by atoms with van der Waals surface area (Å²) in [5.74, 6) is 0.663. The van der Waals surface area contributed by atoms with E-state index in [-0.39, 0.29) is 0 Å². The normalized spacial score (nSPS) is 18.0. The van der Waals surface area contributed by atoms with Crippen LogP contribution in [0.1, 0.15) is 24.1 Å². The lowest BCUT2D eigenvalue weighted by molar-refractivity contribution is 0.0819. The number of nitrogens with zero attached hydrogens (tertiary/aromatic N) is 3. The largest absolute Gasteiger partial charge is 0.381 e. The Morgan fingerprint density at radius 2 is 2.00 bits per heavy atom. The number of methoxy groups -OCH3 is 1. The van der Waals surface area contributed by atoms with Crippen LogP contribution in [-0.2, 0) is 17.7 Å². The number of hydrogen-bond donors (Lipinski definition) is 2. The van der Waals surface area contributed by atoms with Gasteiger partial charge in [0, 0.05) is 44.3 Å². The van der Waals surface area contributed by atoms with E-state index in [0.29, 0.717) is 12.1 Å². The van der Waals surface area contributed by atoms with Crippen LogP contribution in [0.2, 0.25) is 0 Å². The molecule has 0 saturated carbocycles. The van der Waals surface area contributed by atoms with Crippen LogP contribution in [0.15, 0.2) is 30.5 Å². The monoisotopic (exact) mass is 339 g/mol. The van der Waals surface area contributed by atoms with Crippen molar-refractivity contribution in [3.63, 3.8) is 0 Å². The molecule has 3 heterocycles. The molecule has 132 valence electrons. The van der Waals surface area contributed by atoms with Crippen LogP contribution in [-0.4, -0.2) is 42.8 Å². The third kappa shape index (κ3) is 3.75. The molecule has 0 spiro atoms. The Morgan fingerprint density at radius 1 is 1.20 bits per heavy atom. The molecule has 1 aromatic heterocycles. The summed E-state index contributed by atoms with van der Waals surface area (Å²) in [6.45, 7) is 3.92. The third-order valence-corrected chi connectivity index (χ3v) is 5.08. The summed E-state index contributed by atoms with van der Waals surface area (Å²) in [5.41, 5.74) is 4.62. The lowest BCUT2D eigenvalue weighted by Crippen LogP contribution is -2.36. The highest BCUT2D eigenvalue weighted by Crippen LogP contribution is 2.24. The Hall–Kier alpha value is -2.18. The van der Waals surface area contributed by atoms with Gasteiger partial charge in [0.1, 0.15) is 0 Å². The molecule has 0 radical (unpaired) electrons. The molecule has 0 atom stereocenters. The van der Waals surface area contributed by atoms with Crippen molar-refractivity contribution in [2.75, 3.05) is 37.0 Å². The second-order valence-corrected chi connectivity index (χ2v) is 6.69. The van der Waals surface area contributed by atoms with Crippen molar-refractivity contribution in [3.8, 4) is 0 Å². The molecule has 6 heteroatoms. The van der Waals surface area contributed by atoms with E-state index < -0.39 is 0 Å². The van der Waals surface area contributed by atoms with Crippen molar-refractivity contribution < 1.29 is 4.74 Å². The fourth-order valence-electron chi connectivity index (χ4n) is 3.53. The maximum Gasteiger partial charge on any atom is 0.227 e. The van der Waals surface area contributed by atoms with E-state index in [4.69, 9.17) is 4.74 Å². The number of fused-ring (bicyclic) bond motifs is 1. The van der Waals surface area contributed by atoms with Crippen LogP contribution in [0.3, 0.4) is 0 Å². The van der Waals surface area contributed by atoms with Crippen molar-refractivity contribution in [2.24, 2.45) is 0 Å². The second kappa shape index (κ2) is 7.37. The molecular formula is C19H25N5O. The number of rotatable bonds is 4. The van der Waals surface area contributed by atoms with Gasteiger partial charge in [0.15, 0.2) is 0 Å². The van der Waals surface area contributed by atoms with Crippen LogP contribution in [0, 0.1) is 0 Å². The quantitative estimate of drug-likeness (QED) is 0.892. The van der Waals surface area contributed by atoms with Gasteiger partial charge in [0.25, 0.3) is 0 Å². The predicted molar refractivity (Wildman–Crippen MR) is 99.4 cm³/mol. The molecule has 2 aliphatic heterocycles. The Labute approximate surface area is 148 Å². The Kier molecular flexibility index (Phi) is 4.81. The van der Waals surface area contributed by atoms with E-state index in [1.807, 2.05) is 6.20 Å². The smallest absolute Gasteiger partial charge is 0.227 e. The first-order valence-electron chi connectivity index (χ1n) is 9.02. The molecule has 0 amide bonds. The molecule has 0 unspecified atom stereocenters. The van der Waals surface area contributed by atoms with Gasteiger partial charge in [-0.2, -0.15) is 0 Å². The Balaban J connectivity index is 1.41. The number of piperidine rings is 1. The van der Waals surface area contributed by atoms with Crippen molar-refractivity contribution in [3.05, 3.63) is 41.7 Å². The highest BCUT2D eigenvalue weighted by molar-refractivity contribution is 5.59. The number of aromatic nitrogens is 2. The molecular weight excluding hydrogens is 314 g/mol. The van der Waals surface area contributed by atoms with Gasteiger partial charge in [0.05, 0.1) is 11.8 Å². The number of benzene rings is 1. The number of hydrogen-bond acceptors (Lipinski definition) is 6. The summed E-state index contributed by atoms with van der Waals surface area (Å²) < 4.78 is 5.45. The van der Waals surface area contributed by atoms with E-state index >= 15 is 0 Å². The van der Waals surface area contributed by atoms with Gasteiger partial charge in [-0.3, -0.25) is 0 Å². The van der Waals surface area contributed by atoms with E-state index in [1.165, 1.54) is 11.3 Å². The second-order valence-electron chi connectivity index (χ2n) is 6.69. The first-order valence-corrected chi connectivity index (χ1v) is 9.02. The molecule has 6 nitrogen and oxygen atoms in total. The van der Waals surface area contributed by atoms with Gasteiger partial charge in [-0.15, -0.1) is 0 Å². The molecule has 0 bridgehead atoms. The minimum absolute atomic E-state index is 0.410. The van der Waals surface area contributed by atoms with E-state index in [1.54, 1.807) is 7.11 Å². The zero-order chi connectivity index (χ0) is 17.1. The molecule has 2 aromatic rings. The summed E-state index contributed by atoms with van der Waals surface area (Å²) in [6.07, 6.45) is 5.54. The molecule has 2 N–H and O–H groups in total. The lowest BCUT2D eigenvalue weighted by Gasteiger charge is -2.33. The van der Waals surface area contributed by atoms with Crippen molar-refractivity contribution >= 4 is 17.3 Å². The first-order chi connectivity index (χ1) is 12.3. The van der Waals surface area contributed by atoms with Gasteiger partial charge in [0.2, 0.25) is 5.95 Å². The summed E-state index contributed by atoms with van der Waals surface area (Å²) in [6, 6.07) is 8.52. The fourth-order valence-corrected chi connectivity index (χ4v) is 3.53. The van der Waals surface area contributed by atoms with Gasteiger partial charge in [-0.1, -0.05) is 0 Å². The van der Waals surface area contributed by atoms with E-state index in [0.717, 1.165) is 56.8 Å². The average molecular weight is 339 g/mol. The fraction of sp³-hybridized carbons (Fsp3) is 0.474. The minimum atomic E-state index is 0.410. The van der Waals surface area contributed by atoms with Crippen LogP contribution in [0.4, 0.5) is 17.3 Å². The number of ether oxygens (including phenoxy) is 1. The summed E-state index contributed by atoms with van der Waals surface area (Å²) in [7, 11) is 1.81. The molecule has 2 aliphatic rings. The lowest BCUT2D eigenvalue weighted by atomic mass is 10.1. The van der Waals surface area contributed by atoms with E-state index in [9.17, 15) is 0 Å². The van der Waals surface area contributed by atoms with Crippen LogP contribution >= 0.6 is 0 Å². The van der Waals surface area contributed by atoms with Crippen molar-refractivity contribution in [2.45, 2.75) is 31.9 Å². The van der Waals surface area contributed by atoms with Gasteiger partial charge in [-0.25, -0.2) is 9.97 Å². The number of nitrogens with one attached hydrogen (secondary N) is 2. The highest BCUT2D eigenvalue weighted by Gasteiger charge is 2.18. The van der Waals surface area contributed by atoms with Crippen molar-refractivity contribution in [1.29, 1.82) is 0 Å². The predicted octanol–water partition coefficient (Wildman–Crippen LogP) is 2.48. The molecule has 25 heavy (non-hydrogen) atoms. The zero-order valence-electron chi connectivity index (χ0n) is 14.7. The minimum Gasteiger partial charge on any atom is -0.381 e. The van der Waals surface area contributed by atoms with Crippen molar-refractivity contribution in [1.82, 2.24) is 15.3 Å². The van der Waals surface area contributed by atoms with Crippen LogP contribution in [0.25, 0.3) is 0 Å². The molecule has 1 saturated heterocycles. The average Bonchev–Trinajstić information content (AvgIpc) is 2.69. The summed E-state index contributed by atoms with van der Waals surface area (Å²) >= 11 is 0. The molecule has 0 aliphatic carbocycles. The highest BCUT2D eigenvalue weighted by atomic mass is 16.5. The van der Waals surface area contributed by atoms with Gasteiger partial charge >= 0.3 is 0 Å². The maximum absolute atomic E-state index is 5.45. The SMILES string of the molecule is COC1CCN(c2ccc(Nc3ncc4c(n3)CNCC4)cc2)CC1. The van der Waals surface area contributed by atoms with Gasteiger partial charge < -0.3 is 20.3 Å². The van der Waals surface area contributed by atoms with Crippen LogP contribution < -0.4 is 15.5 Å². The topological polar surface area (TPSA) is 62.3 Å². The third-order valence-electron chi connectivity index (χ3n) is 5.08. The van der Waals surface area contributed by atoms with Gasteiger partial charge in [-0.05, 0) is 55.6 Å². The van der Waals surface area contributed by atoms with Crippen LogP contribution in [0.5, 0.6) is 0 Å². The Bertz CT molecular complexity index is 710. The zero-order valence-corrected chi connectivity index (χ0v) is 14.7. The Morgan fingerprint density at radius 3 is 2.76 bits per heavy atom. The standard InChI is InChI=1S/C19H25N5O/c1-25-17-7-10-24(11-8-17)16-4-2-15(3-5-16)22-19-21-12-14-6-9-20-13-18(14)23-19/h2-5,12,17,20H,6-11,13H2,1H3,(H,21,22,23). The molecule has 1 aromatic carbocycles. The maximum atomic E-state index is 5.45. The molecule has 1 fully saturated rings. The number of anilines is 3. The van der Waals surface area contributed by atoms with E-state index in [2.05, 4.69) is 49.8 Å². The summed E-state index contributed by atoms with van der Waals surface area (Å²) in [5, 5.41) is 6.66. The molecule has 4 rings (SSSR count). The first kappa shape index (κ1) is 16.3.